The molecule has 53 heavy (non-hydrogen) atoms. The lowest BCUT2D eigenvalue weighted by molar-refractivity contribution is 1.18. The smallest absolute Gasteiger partial charge is 0.0992 e. The minimum absolute atomic E-state index is 0.659. The first-order valence-electron chi connectivity index (χ1n) is 18.0. The van der Waals surface area contributed by atoms with Crippen LogP contribution in [0, 0.1) is 11.3 Å². The maximum atomic E-state index is 9.66. The van der Waals surface area contributed by atoms with E-state index in [1.54, 1.807) is 0 Å². The van der Waals surface area contributed by atoms with Crippen LogP contribution in [0.25, 0.3) is 104 Å². The maximum absolute atomic E-state index is 9.66. The molecule has 0 bridgehead atoms. The van der Waals surface area contributed by atoms with E-state index in [1.807, 2.05) is 18.2 Å². The summed E-state index contributed by atoms with van der Waals surface area (Å²) in [6.45, 7) is 0. The molecule has 11 aromatic rings. The number of fused-ring (bicyclic) bond motifs is 4. The molecule has 0 aliphatic carbocycles. The standard InChI is InChI=1S/C51H30N2/c52-31-32-10-22-46-47-23-21-38(30-49(47)53(48(46)24-32)45-8-2-1-3-9-45)34-11-13-35(14-12-34)43-26-39-17-19-41-28-44(29-42-20-18-40(27-43)50(39)51(41)42)37-16-15-33-6-4-5-7-36(33)25-37/h1-30H. The highest BCUT2D eigenvalue weighted by molar-refractivity contribution is 6.24. The van der Waals surface area contributed by atoms with Crippen LogP contribution in [0.3, 0.4) is 0 Å². The second-order valence-corrected chi connectivity index (χ2v) is 14.1. The lowest BCUT2D eigenvalue weighted by Gasteiger charge is -2.15. The molecule has 0 amide bonds. The van der Waals surface area contributed by atoms with Crippen molar-refractivity contribution in [1.82, 2.24) is 4.57 Å². The van der Waals surface area contributed by atoms with Gasteiger partial charge in [0.1, 0.15) is 0 Å². The molecule has 0 atom stereocenters. The Bertz CT molecular complexity index is 3200. The van der Waals surface area contributed by atoms with Gasteiger partial charge in [-0.25, -0.2) is 0 Å². The van der Waals surface area contributed by atoms with E-state index < -0.39 is 0 Å². The van der Waals surface area contributed by atoms with Gasteiger partial charge in [0.05, 0.1) is 22.7 Å². The van der Waals surface area contributed by atoms with Crippen molar-refractivity contribution in [2.45, 2.75) is 0 Å². The Kier molecular flexibility index (Phi) is 6.35. The summed E-state index contributed by atoms with van der Waals surface area (Å²) < 4.78 is 2.27. The third-order valence-corrected chi connectivity index (χ3v) is 11.1. The molecule has 0 saturated heterocycles. The molecule has 11 rings (SSSR count). The predicted molar refractivity (Wildman–Crippen MR) is 223 cm³/mol. The first kappa shape index (κ1) is 29.5. The Morgan fingerprint density at radius 3 is 1.43 bits per heavy atom. The largest absolute Gasteiger partial charge is 0.309 e. The molecule has 0 aliphatic rings. The van der Waals surface area contributed by atoms with Gasteiger partial charge >= 0.3 is 0 Å². The zero-order chi connectivity index (χ0) is 35.0. The van der Waals surface area contributed by atoms with E-state index >= 15 is 0 Å². The normalized spacial score (nSPS) is 11.8. The summed E-state index contributed by atoms with van der Waals surface area (Å²) in [6.07, 6.45) is 0. The molecule has 2 heteroatoms. The van der Waals surface area contributed by atoms with Crippen LogP contribution in [-0.4, -0.2) is 4.57 Å². The summed E-state index contributed by atoms with van der Waals surface area (Å²) in [5.74, 6) is 0. The number of benzene rings is 10. The monoisotopic (exact) mass is 670 g/mol. The van der Waals surface area contributed by atoms with Crippen LogP contribution in [0.1, 0.15) is 5.56 Å². The van der Waals surface area contributed by atoms with Crippen LogP contribution in [-0.2, 0) is 0 Å². The van der Waals surface area contributed by atoms with E-state index in [1.165, 1.54) is 70.7 Å². The van der Waals surface area contributed by atoms with Crippen LogP contribution in [0.15, 0.2) is 182 Å². The summed E-state index contributed by atoms with van der Waals surface area (Å²) in [5.41, 5.74) is 11.1. The third-order valence-electron chi connectivity index (χ3n) is 11.1. The summed E-state index contributed by atoms with van der Waals surface area (Å²) in [5, 5.41) is 22.2. The molecular weight excluding hydrogens is 641 g/mol. The molecular formula is C51H30N2. The van der Waals surface area contributed by atoms with Crippen molar-refractivity contribution >= 4 is 64.9 Å². The first-order chi connectivity index (χ1) is 26.2. The summed E-state index contributed by atoms with van der Waals surface area (Å²) in [7, 11) is 0. The Morgan fingerprint density at radius 1 is 0.340 bits per heavy atom. The highest BCUT2D eigenvalue weighted by atomic mass is 15.0. The lowest BCUT2D eigenvalue weighted by atomic mass is 9.89. The molecule has 1 aromatic heterocycles. The van der Waals surface area contributed by atoms with Crippen molar-refractivity contribution in [3.63, 3.8) is 0 Å². The molecule has 0 fully saturated rings. The third kappa shape index (κ3) is 4.65. The summed E-state index contributed by atoms with van der Waals surface area (Å²) in [4.78, 5) is 0. The molecule has 0 saturated carbocycles. The quantitative estimate of drug-likeness (QED) is 0.171. The lowest BCUT2D eigenvalue weighted by Crippen LogP contribution is -1.93. The zero-order valence-electron chi connectivity index (χ0n) is 28.7. The topological polar surface area (TPSA) is 28.7 Å². The Hall–Kier alpha value is -7.21. The van der Waals surface area contributed by atoms with Gasteiger partial charge in [0.15, 0.2) is 0 Å². The highest BCUT2D eigenvalue weighted by Crippen LogP contribution is 2.41. The van der Waals surface area contributed by atoms with E-state index in [0.29, 0.717) is 5.56 Å². The van der Waals surface area contributed by atoms with Crippen LogP contribution in [0.2, 0.25) is 0 Å². The molecule has 244 valence electrons. The average Bonchev–Trinajstić information content (AvgIpc) is 3.55. The Labute approximate surface area is 306 Å². The predicted octanol–water partition coefficient (Wildman–Crippen LogP) is 13.7. The number of nitrogens with zero attached hydrogens (tertiary/aromatic N) is 2. The molecule has 0 aliphatic heterocycles. The van der Waals surface area contributed by atoms with Gasteiger partial charge in [-0.2, -0.15) is 5.26 Å². The minimum atomic E-state index is 0.659. The fourth-order valence-corrected chi connectivity index (χ4v) is 8.52. The number of nitriles is 1. The van der Waals surface area contributed by atoms with Crippen molar-refractivity contribution in [1.29, 1.82) is 5.26 Å². The van der Waals surface area contributed by atoms with E-state index in [2.05, 4.69) is 174 Å². The van der Waals surface area contributed by atoms with Crippen molar-refractivity contribution in [2.24, 2.45) is 0 Å². The Balaban J connectivity index is 0.975. The fraction of sp³-hybridized carbons (Fsp3) is 0. The molecule has 10 aromatic carbocycles. The number of hydrogen-bond acceptors (Lipinski definition) is 1. The van der Waals surface area contributed by atoms with Crippen molar-refractivity contribution in [3.05, 3.63) is 188 Å². The van der Waals surface area contributed by atoms with Crippen molar-refractivity contribution < 1.29 is 0 Å². The molecule has 0 unspecified atom stereocenters. The van der Waals surface area contributed by atoms with Crippen molar-refractivity contribution in [3.8, 4) is 45.1 Å². The van der Waals surface area contributed by atoms with Gasteiger partial charge in [0, 0.05) is 16.5 Å². The Morgan fingerprint density at radius 2 is 0.792 bits per heavy atom. The van der Waals surface area contributed by atoms with Crippen LogP contribution in [0.4, 0.5) is 0 Å². The number of hydrogen-bond donors (Lipinski definition) is 0. The SMILES string of the molecule is N#Cc1ccc2c3ccc(-c4ccc(-c5cc6ccc7cc(-c8ccc9ccccc9c8)cc8ccc(c5)c6c78)cc4)cc3n(-c3ccccc3)c2c1. The molecule has 0 radical (unpaired) electrons. The van der Waals surface area contributed by atoms with Crippen molar-refractivity contribution in [2.75, 3.05) is 0 Å². The molecule has 0 spiro atoms. The van der Waals surface area contributed by atoms with E-state index in [9.17, 15) is 5.26 Å². The summed E-state index contributed by atoms with van der Waals surface area (Å²) >= 11 is 0. The first-order valence-corrected chi connectivity index (χ1v) is 18.0. The van der Waals surface area contributed by atoms with Gasteiger partial charge in [-0.3, -0.25) is 0 Å². The van der Waals surface area contributed by atoms with Gasteiger partial charge in [-0.05, 0) is 137 Å². The second-order valence-electron chi connectivity index (χ2n) is 14.1. The molecule has 1 heterocycles. The summed E-state index contributed by atoms with van der Waals surface area (Å²) in [6, 6.07) is 68.2. The minimum Gasteiger partial charge on any atom is -0.309 e. The van der Waals surface area contributed by atoms with Gasteiger partial charge in [0.2, 0.25) is 0 Å². The van der Waals surface area contributed by atoms with Gasteiger partial charge in [-0.1, -0.05) is 121 Å². The highest BCUT2D eigenvalue weighted by Gasteiger charge is 2.16. The second kappa shape index (κ2) is 11.4. The van der Waals surface area contributed by atoms with Crippen LogP contribution in [0.5, 0.6) is 0 Å². The van der Waals surface area contributed by atoms with E-state index in [-0.39, 0.29) is 0 Å². The van der Waals surface area contributed by atoms with Crippen LogP contribution < -0.4 is 0 Å². The number of rotatable bonds is 4. The van der Waals surface area contributed by atoms with E-state index in [4.69, 9.17) is 0 Å². The average molecular weight is 671 g/mol. The van der Waals surface area contributed by atoms with Gasteiger partial charge in [-0.15, -0.1) is 0 Å². The van der Waals surface area contributed by atoms with E-state index in [0.717, 1.165) is 33.2 Å². The molecule has 2 nitrogen and oxygen atoms in total. The zero-order valence-corrected chi connectivity index (χ0v) is 28.7. The fourth-order valence-electron chi connectivity index (χ4n) is 8.52. The molecule has 0 N–H and O–H groups in total. The van der Waals surface area contributed by atoms with Crippen LogP contribution >= 0.6 is 0 Å². The number of aromatic nitrogens is 1. The van der Waals surface area contributed by atoms with Gasteiger partial charge in [0.25, 0.3) is 0 Å². The number of para-hydroxylation sites is 1. The van der Waals surface area contributed by atoms with Gasteiger partial charge < -0.3 is 4.57 Å². The maximum Gasteiger partial charge on any atom is 0.0992 e.